The number of thiocarbonyl (C=S) groups is 1. The predicted molar refractivity (Wildman–Crippen MR) is 51.2 cm³/mol. The number of nitrogens with zero attached hydrogens (tertiary/aromatic N) is 1. The number of anilines is 1. The van der Waals surface area contributed by atoms with Gasteiger partial charge in [0.15, 0.2) is 10.9 Å². The van der Waals surface area contributed by atoms with Gasteiger partial charge >= 0.3 is 0 Å². The van der Waals surface area contributed by atoms with E-state index in [0.717, 1.165) is 0 Å². The van der Waals surface area contributed by atoms with Crippen LogP contribution in [0.25, 0.3) is 0 Å². The summed E-state index contributed by atoms with van der Waals surface area (Å²) < 4.78 is 17.6. The molecule has 0 atom stereocenters. The molecule has 0 unspecified atom stereocenters. The van der Waals surface area contributed by atoms with Gasteiger partial charge in [-0.1, -0.05) is 0 Å². The normalized spacial score (nSPS) is 9.38. The lowest BCUT2D eigenvalue weighted by atomic mass is 10.4. The van der Waals surface area contributed by atoms with Crippen molar-refractivity contribution in [2.45, 2.75) is 0 Å². The minimum Gasteiger partial charge on any atom is -0.479 e. The fourth-order valence-corrected chi connectivity index (χ4v) is 0.904. The van der Waals surface area contributed by atoms with Gasteiger partial charge in [0.1, 0.15) is 0 Å². The first-order valence-corrected chi connectivity index (χ1v) is 3.80. The second-order valence-electron chi connectivity index (χ2n) is 2.20. The zero-order valence-corrected chi connectivity index (χ0v) is 7.69. The number of hydrogen-bond donors (Lipinski definition) is 2. The van der Waals surface area contributed by atoms with Crippen molar-refractivity contribution in [3.05, 3.63) is 18.1 Å². The molecule has 70 valence electrons. The number of halogens is 1. The molecule has 0 aliphatic heterocycles. The minimum absolute atomic E-state index is 0.0615. The molecule has 13 heavy (non-hydrogen) atoms. The molecule has 1 aromatic heterocycles. The number of nitrogens with two attached hydrogens (primary N) is 1. The van der Waals surface area contributed by atoms with Gasteiger partial charge in [0.2, 0.25) is 5.88 Å². The van der Waals surface area contributed by atoms with Crippen LogP contribution in [0.2, 0.25) is 0 Å². The van der Waals surface area contributed by atoms with E-state index in [-0.39, 0.29) is 11.0 Å². The molecule has 0 amide bonds. The van der Waals surface area contributed by atoms with Gasteiger partial charge in [0, 0.05) is 6.07 Å². The lowest BCUT2D eigenvalue weighted by Crippen LogP contribution is -2.19. The zero-order chi connectivity index (χ0) is 9.84. The highest BCUT2D eigenvalue weighted by Gasteiger charge is 2.04. The summed E-state index contributed by atoms with van der Waals surface area (Å²) in [6, 6.07) is 1.20. The maximum Gasteiger partial charge on any atom is 0.250 e. The Labute approximate surface area is 79.9 Å². The van der Waals surface area contributed by atoms with Crippen molar-refractivity contribution < 1.29 is 9.13 Å². The summed E-state index contributed by atoms with van der Waals surface area (Å²) in [5.74, 6) is -0.628. The van der Waals surface area contributed by atoms with Gasteiger partial charge in [-0.05, 0) is 12.2 Å². The highest BCUT2D eigenvalue weighted by molar-refractivity contribution is 7.80. The minimum atomic E-state index is -0.566. The molecule has 3 N–H and O–H groups in total. The summed E-state index contributed by atoms with van der Waals surface area (Å²) in [5.41, 5.74) is 5.58. The Morgan fingerprint density at radius 3 is 2.92 bits per heavy atom. The third kappa shape index (κ3) is 2.51. The first kappa shape index (κ1) is 9.66. The van der Waals surface area contributed by atoms with Crippen LogP contribution in [0, 0.1) is 5.82 Å². The quantitative estimate of drug-likeness (QED) is 0.696. The average Bonchev–Trinajstić information content (AvgIpc) is 2.03. The zero-order valence-electron chi connectivity index (χ0n) is 6.87. The average molecular weight is 201 g/mol. The van der Waals surface area contributed by atoms with E-state index in [0.29, 0.717) is 5.69 Å². The Balaban J connectivity index is 2.89. The van der Waals surface area contributed by atoms with E-state index < -0.39 is 5.82 Å². The molecule has 0 aromatic carbocycles. The molecule has 0 aliphatic carbocycles. The smallest absolute Gasteiger partial charge is 0.250 e. The van der Waals surface area contributed by atoms with Crippen molar-refractivity contribution in [2.24, 2.45) is 5.73 Å². The van der Waals surface area contributed by atoms with Crippen LogP contribution in [-0.2, 0) is 0 Å². The first-order valence-electron chi connectivity index (χ1n) is 3.39. The second kappa shape index (κ2) is 3.99. The molecule has 0 aliphatic rings. The Morgan fingerprint density at radius 1 is 1.77 bits per heavy atom. The molecular weight excluding hydrogens is 193 g/mol. The monoisotopic (exact) mass is 201 g/mol. The van der Waals surface area contributed by atoms with Crippen molar-refractivity contribution in [1.82, 2.24) is 4.98 Å². The standard InChI is InChI=1S/C7H8FN3OS/c1-12-6-5(8)2-4(3-10-6)11-7(9)13/h2-3H,1H3,(H3,9,11,13). The van der Waals surface area contributed by atoms with E-state index in [1.807, 2.05) is 0 Å². The molecule has 0 bridgehead atoms. The first-order chi connectivity index (χ1) is 6.13. The molecule has 6 heteroatoms. The van der Waals surface area contributed by atoms with E-state index in [1.54, 1.807) is 0 Å². The van der Waals surface area contributed by atoms with Crippen LogP contribution in [-0.4, -0.2) is 17.2 Å². The van der Waals surface area contributed by atoms with Gasteiger partial charge in [0.05, 0.1) is 19.0 Å². The van der Waals surface area contributed by atoms with Crippen molar-refractivity contribution in [3.8, 4) is 5.88 Å². The summed E-state index contributed by atoms with van der Waals surface area (Å²) in [5, 5.41) is 2.61. The number of aromatic nitrogens is 1. The van der Waals surface area contributed by atoms with E-state index in [4.69, 9.17) is 5.73 Å². The Kier molecular flexibility index (Phi) is 2.97. The van der Waals surface area contributed by atoms with E-state index in [1.165, 1.54) is 19.4 Å². The summed E-state index contributed by atoms with van der Waals surface area (Å²) in [6.07, 6.45) is 1.38. The Hall–Kier alpha value is -1.43. The highest BCUT2D eigenvalue weighted by atomic mass is 32.1. The van der Waals surface area contributed by atoms with Crippen LogP contribution in [0.5, 0.6) is 5.88 Å². The van der Waals surface area contributed by atoms with E-state index in [2.05, 4.69) is 27.3 Å². The molecule has 0 spiro atoms. The van der Waals surface area contributed by atoms with Crippen molar-refractivity contribution in [1.29, 1.82) is 0 Å². The molecule has 4 nitrogen and oxygen atoms in total. The molecule has 1 aromatic rings. The fraction of sp³-hybridized carbons (Fsp3) is 0.143. The van der Waals surface area contributed by atoms with Crippen molar-refractivity contribution in [3.63, 3.8) is 0 Å². The topological polar surface area (TPSA) is 60.2 Å². The number of pyridine rings is 1. The summed E-state index contributed by atoms with van der Waals surface area (Å²) in [6.45, 7) is 0. The van der Waals surface area contributed by atoms with Gasteiger partial charge in [0.25, 0.3) is 0 Å². The van der Waals surface area contributed by atoms with Gasteiger partial charge in [-0.3, -0.25) is 0 Å². The third-order valence-corrected chi connectivity index (χ3v) is 1.37. The summed E-state index contributed by atoms with van der Waals surface area (Å²) in [7, 11) is 1.34. The second-order valence-corrected chi connectivity index (χ2v) is 2.64. The molecule has 0 fully saturated rings. The number of methoxy groups -OCH3 is 1. The Bertz CT molecular complexity index is 332. The predicted octanol–water partition coefficient (Wildman–Crippen LogP) is 0.885. The number of ether oxygens (including phenoxy) is 1. The highest BCUT2D eigenvalue weighted by Crippen LogP contribution is 2.16. The largest absolute Gasteiger partial charge is 0.479 e. The van der Waals surface area contributed by atoms with Gasteiger partial charge in [-0.2, -0.15) is 0 Å². The third-order valence-electron chi connectivity index (χ3n) is 1.27. The van der Waals surface area contributed by atoms with Gasteiger partial charge < -0.3 is 15.8 Å². The molecular formula is C7H8FN3OS. The van der Waals surface area contributed by atoms with Crippen molar-refractivity contribution >= 4 is 23.0 Å². The van der Waals surface area contributed by atoms with Crippen LogP contribution in [0.4, 0.5) is 10.1 Å². The molecule has 1 heterocycles. The molecule has 0 radical (unpaired) electrons. The number of nitrogens with one attached hydrogen (secondary N) is 1. The maximum atomic E-state index is 13.0. The summed E-state index contributed by atoms with van der Waals surface area (Å²) >= 11 is 4.57. The fourth-order valence-electron chi connectivity index (χ4n) is 0.786. The summed E-state index contributed by atoms with van der Waals surface area (Å²) in [4.78, 5) is 3.67. The van der Waals surface area contributed by atoms with Gasteiger partial charge in [-0.15, -0.1) is 0 Å². The van der Waals surface area contributed by atoms with Crippen LogP contribution in [0.3, 0.4) is 0 Å². The van der Waals surface area contributed by atoms with Crippen LogP contribution >= 0.6 is 12.2 Å². The van der Waals surface area contributed by atoms with Crippen LogP contribution < -0.4 is 15.8 Å². The molecule has 0 saturated heterocycles. The van der Waals surface area contributed by atoms with E-state index >= 15 is 0 Å². The van der Waals surface area contributed by atoms with Crippen LogP contribution in [0.15, 0.2) is 12.3 Å². The lowest BCUT2D eigenvalue weighted by Gasteiger charge is -2.04. The molecule has 0 saturated carbocycles. The number of hydrogen-bond acceptors (Lipinski definition) is 3. The molecule has 1 rings (SSSR count). The van der Waals surface area contributed by atoms with Crippen LogP contribution in [0.1, 0.15) is 0 Å². The van der Waals surface area contributed by atoms with Crippen molar-refractivity contribution in [2.75, 3.05) is 12.4 Å². The Morgan fingerprint density at radius 2 is 2.46 bits per heavy atom. The SMILES string of the molecule is COc1ncc(NC(N)=S)cc1F. The maximum absolute atomic E-state index is 13.0. The number of rotatable bonds is 2. The lowest BCUT2D eigenvalue weighted by molar-refractivity contribution is 0.369. The van der Waals surface area contributed by atoms with E-state index in [9.17, 15) is 4.39 Å². The van der Waals surface area contributed by atoms with Gasteiger partial charge in [-0.25, -0.2) is 9.37 Å².